The third kappa shape index (κ3) is 5.06. The van der Waals surface area contributed by atoms with E-state index < -0.39 is 16.1 Å². The molecule has 1 unspecified atom stereocenters. The molecule has 0 saturated carbocycles. The molecule has 0 aliphatic heterocycles. The standard InChI is InChI=1S/C12H21NO3S2/c1-9-5-6-11(17-9)18(15,16)13-8-10(14)7-12(2,3)4/h5-6,10,13-14H,7-8H2,1-4H3. The molecule has 1 aromatic heterocycles. The summed E-state index contributed by atoms with van der Waals surface area (Å²) in [6.07, 6.45) is -0.111. The molecular formula is C12H21NO3S2. The van der Waals surface area contributed by atoms with Crippen LogP contribution in [0.25, 0.3) is 0 Å². The number of thiophene rings is 1. The number of hydrogen-bond donors (Lipinski definition) is 2. The van der Waals surface area contributed by atoms with E-state index in [2.05, 4.69) is 4.72 Å². The fourth-order valence-corrected chi connectivity index (χ4v) is 4.01. The quantitative estimate of drug-likeness (QED) is 0.873. The Hall–Kier alpha value is -0.430. The van der Waals surface area contributed by atoms with Crippen LogP contribution in [-0.2, 0) is 10.0 Å². The Balaban J connectivity index is 2.58. The molecule has 4 nitrogen and oxygen atoms in total. The number of aryl methyl sites for hydroxylation is 1. The van der Waals surface area contributed by atoms with Gasteiger partial charge < -0.3 is 5.11 Å². The first-order valence-electron chi connectivity index (χ1n) is 5.84. The van der Waals surface area contributed by atoms with Gasteiger partial charge in [-0.1, -0.05) is 20.8 Å². The Morgan fingerprint density at radius 2 is 2.00 bits per heavy atom. The second-order valence-corrected chi connectivity index (χ2v) is 8.92. The van der Waals surface area contributed by atoms with Crippen molar-refractivity contribution in [2.24, 2.45) is 5.41 Å². The van der Waals surface area contributed by atoms with Gasteiger partial charge in [0.2, 0.25) is 10.0 Å². The van der Waals surface area contributed by atoms with Gasteiger partial charge in [0, 0.05) is 11.4 Å². The van der Waals surface area contributed by atoms with Crippen molar-refractivity contribution in [1.82, 2.24) is 4.72 Å². The normalized spacial score (nSPS) is 14.7. The minimum Gasteiger partial charge on any atom is -0.392 e. The largest absolute Gasteiger partial charge is 0.392 e. The molecule has 104 valence electrons. The van der Waals surface area contributed by atoms with E-state index in [9.17, 15) is 13.5 Å². The van der Waals surface area contributed by atoms with Gasteiger partial charge in [0.25, 0.3) is 0 Å². The number of aliphatic hydroxyl groups is 1. The zero-order chi connectivity index (χ0) is 14.0. The Morgan fingerprint density at radius 3 is 2.44 bits per heavy atom. The highest BCUT2D eigenvalue weighted by Crippen LogP contribution is 2.22. The third-order valence-electron chi connectivity index (χ3n) is 2.34. The Morgan fingerprint density at radius 1 is 1.39 bits per heavy atom. The molecule has 1 atom stereocenters. The fourth-order valence-electron chi connectivity index (χ4n) is 1.61. The lowest BCUT2D eigenvalue weighted by Crippen LogP contribution is -2.33. The van der Waals surface area contributed by atoms with E-state index in [1.54, 1.807) is 12.1 Å². The van der Waals surface area contributed by atoms with Crippen molar-refractivity contribution in [3.63, 3.8) is 0 Å². The summed E-state index contributed by atoms with van der Waals surface area (Å²) in [6, 6.07) is 3.35. The van der Waals surface area contributed by atoms with Crippen LogP contribution in [-0.4, -0.2) is 26.2 Å². The van der Waals surface area contributed by atoms with Gasteiger partial charge >= 0.3 is 0 Å². The predicted octanol–water partition coefficient (Wildman–Crippen LogP) is 2.13. The van der Waals surface area contributed by atoms with Gasteiger partial charge in [-0.2, -0.15) is 0 Å². The third-order valence-corrected chi connectivity index (χ3v) is 5.25. The summed E-state index contributed by atoms with van der Waals surface area (Å²) in [6.45, 7) is 7.93. The summed E-state index contributed by atoms with van der Waals surface area (Å²) in [7, 11) is -3.48. The Kier molecular flexibility index (Phi) is 4.94. The first-order chi connectivity index (χ1) is 8.10. The lowest BCUT2D eigenvalue weighted by atomic mass is 9.89. The minimum atomic E-state index is -3.48. The van der Waals surface area contributed by atoms with E-state index in [0.717, 1.165) is 4.88 Å². The Bertz CT molecular complexity index is 486. The molecule has 18 heavy (non-hydrogen) atoms. The van der Waals surface area contributed by atoms with Crippen LogP contribution in [0.3, 0.4) is 0 Å². The molecule has 1 heterocycles. The Labute approximate surface area is 113 Å². The van der Waals surface area contributed by atoms with E-state index in [4.69, 9.17) is 0 Å². The molecule has 6 heteroatoms. The summed E-state index contributed by atoms with van der Waals surface area (Å²) in [5.74, 6) is 0. The van der Waals surface area contributed by atoms with Gasteiger partial charge in [-0.25, -0.2) is 13.1 Å². The van der Waals surface area contributed by atoms with E-state index >= 15 is 0 Å². The highest BCUT2D eigenvalue weighted by Gasteiger charge is 2.20. The molecule has 0 spiro atoms. The molecule has 0 amide bonds. The van der Waals surface area contributed by atoms with Crippen molar-refractivity contribution < 1.29 is 13.5 Å². The van der Waals surface area contributed by atoms with Gasteiger partial charge in [0.1, 0.15) is 4.21 Å². The van der Waals surface area contributed by atoms with Crippen LogP contribution in [0.4, 0.5) is 0 Å². The zero-order valence-electron chi connectivity index (χ0n) is 11.2. The number of aliphatic hydroxyl groups excluding tert-OH is 1. The average molecular weight is 291 g/mol. The van der Waals surface area contributed by atoms with Crippen molar-refractivity contribution in [2.75, 3.05) is 6.54 Å². The summed E-state index contributed by atoms with van der Waals surface area (Å²) < 4.78 is 26.5. The summed E-state index contributed by atoms with van der Waals surface area (Å²) in [5, 5.41) is 9.78. The van der Waals surface area contributed by atoms with Crippen molar-refractivity contribution in [2.45, 2.75) is 44.4 Å². The van der Waals surface area contributed by atoms with E-state index in [1.165, 1.54) is 11.3 Å². The lowest BCUT2D eigenvalue weighted by molar-refractivity contribution is 0.125. The van der Waals surface area contributed by atoms with Crippen LogP contribution in [0.15, 0.2) is 16.3 Å². The molecule has 0 fully saturated rings. The van der Waals surface area contributed by atoms with Gasteiger partial charge in [-0.3, -0.25) is 0 Å². The summed E-state index contributed by atoms with van der Waals surface area (Å²) in [4.78, 5) is 0.950. The highest BCUT2D eigenvalue weighted by atomic mass is 32.2. The fraction of sp³-hybridized carbons (Fsp3) is 0.667. The van der Waals surface area contributed by atoms with Crippen LogP contribution in [0, 0.1) is 12.3 Å². The maximum atomic E-state index is 11.9. The second kappa shape index (κ2) is 5.69. The zero-order valence-corrected chi connectivity index (χ0v) is 12.9. The molecule has 0 aromatic carbocycles. The molecule has 0 bridgehead atoms. The van der Waals surface area contributed by atoms with E-state index in [1.807, 2.05) is 27.7 Å². The molecule has 2 N–H and O–H groups in total. The highest BCUT2D eigenvalue weighted by molar-refractivity contribution is 7.91. The van der Waals surface area contributed by atoms with Gasteiger partial charge in [0.05, 0.1) is 6.10 Å². The van der Waals surface area contributed by atoms with E-state index in [0.29, 0.717) is 10.6 Å². The van der Waals surface area contributed by atoms with Crippen molar-refractivity contribution in [3.05, 3.63) is 17.0 Å². The summed E-state index contributed by atoms with van der Waals surface area (Å²) >= 11 is 1.23. The van der Waals surface area contributed by atoms with Crippen LogP contribution >= 0.6 is 11.3 Å². The van der Waals surface area contributed by atoms with Gasteiger partial charge in [-0.05, 0) is 30.9 Å². The number of hydrogen-bond acceptors (Lipinski definition) is 4. The van der Waals surface area contributed by atoms with Gasteiger partial charge in [0.15, 0.2) is 0 Å². The topological polar surface area (TPSA) is 66.4 Å². The maximum Gasteiger partial charge on any atom is 0.250 e. The molecule has 0 radical (unpaired) electrons. The SMILES string of the molecule is Cc1ccc(S(=O)(=O)NCC(O)CC(C)(C)C)s1. The van der Waals surface area contributed by atoms with Crippen molar-refractivity contribution >= 4 is 21.4 Å². The first-order valence-corrected chi connectivity index (χ1v) is 8.14. The van der Waals surface area contributed by atoms with E-state index in [-0.39, 0.29) is 12.0 Å². The first kappa shape index (κ1) is 15.6. The number of sulfonamides is 1. The lowest BCUT2D eigenvalue weighted by Gasteiger charge is -2.22. The monoisotopic (exact) mass is 291 g/mol. The van der Waals surface area contributed by atoms with Gasteiger partial charge in [-0.15, -0.1) is 11.3 Å². The van der Waals surface area contributed by atoms with Crippen molar-refractivity contribution in [1.29, 1.82) is 0 Å². The van der Waals surface area contributed by atoms with Crippen LogP contribution in [0.1, 0.15) is 32.1 Å². The molecule has 0 aliphatic rings. The average Bonchev–Trinajstić information content (AvgIpc) is 2.60. The van der Waals surface area contributed by atoms with Crippen LogP contribution in [0.2, 0.25) is 0 Å². The molecular weight excluding hydrogens is 270 g/mol. The van der Waals surface area contributed by atoms with Crippen molar-refractivity contribution in [3.8, 4) is 0 Å². The minimum absolute atomic E-state index is 0.0234. The second-order valence-electron chi connectivity index (χ2n) is 5.64. The molecule has 1 rings (SSSR count). The molecule has 0 saturated heterocycles. The predicted molar refractivity (Wildman–Crippen MR) is 74.3 cm³/mol. The smallest absolute Gasteiger partial charge is 0.250 e. The maximum absolute atomic E-state index is 11.9. The number of nitrogens with one attached hydrogen (secondary N) is 1. The van der Waals surface area contributed by atoms with Crippen LogP contribution in [0.5, 0.6) is 0 Å². The summed E-state index contributed by atoms with van der Waals surface area (Å²) in [5.41, 5.74) is -0.0234. The molecule has 1 aromatic rings. The molecule has 0 aliphatic carbocycles. The number of rotatable bonds is 5. The van der Waals surface area contributed by atoms with Crippen LogP contribution < -0.4 is 4.72 Å².